The van der Waals surface area contributed by atoms with Crippen LogP contribution in [0.3, 0.4) is 0 Å². The molecule has 1 aliphatic rings. The van der Waals surface area contributed by atoms with Gasteiger partial charge < -0.3 is 14.9 Å². The summed E-state index contributed by atoms with van der Waals surface area (Å²) in [7, 11) is 2.14. The monoisotopic (exact) mass is 200 g/mol. The van der Waals surface area contributed by atoms with E-state index < -0.39 is 0 Å². The van der Waals surface area contributed by atoms with Gasteiger partial charge in [0.05, 0.1) is 0 Å². The second kappa shape index (κ2) is 5.69. The van der Waals surface area contributed by atoms with E-state index in [-0.39, 0.29) is 0 Å². The van der Waals surface area contributed by atoms with E-state index in [2.05, 4.69) is 30.7 Å². The molecule has 0 bridgehead atoms. The fourth-order valence-corrected chi connectivity index (χ4v) is 2.40. The van der Waals surface area contributed by atoms with Crippen LogP contribution in [-0.4, -0.2) is 61.3 Å². The normalized spacial score (nSPS) is 28.9. The van der Waals surface area contributed by atoms with Crippen LogP contribution < -0.4 is 0 Å². The van der Waals surface area contributed by atoms with Crippen molar-refractivity contribution in [3.8, 4) is 0 Å². The zero-order chi connectivity index (χ0) is 10.6. The van der Waals surface area contributed by atoms with Crippen molar-refractivity contribution in [1.29, 1.82) is 0 Å². The van der Waals surface area contributed by atoms with Crippen LogP contribution in [0.15, 0.2) is 0 Å². The quantitative estimate of drug-likeness (QED) is 0.700. The molecule has 1 saturated heterocycles. The zero-order valence-electron chi connectivity index (χ0n) is 9.74. The van der Waals surface area contributed by atoms with Gasteiger partial charge >= 0.3 is 0 Å². The maximum absolute atomic E-state index is 9.27. The summed E-state index contributed by atoms with van der Waals surface area (Å²) in [5.41, 5.74) is 0. The van der Waals surface area contributed by atoms with Crippen molar-refractivity contribution in [2.45, 2.75) is 13.8 Å². The number of hydrogen-bond donors (Lipinski definition) is 1. The molecular formula is C11H24N2O. The van der Waals surface area contributed by atoms with Gasteiger partial charge in [0, 0.05) is 26.2 Å². The Labute approximate surface area is 87.7 Å². The van der Waals surface area contributed by atoms with Crippen LogP contribution in [0.4, 0.5) is 0 Å². The number of nitrogens with zero attached hydrogens (tertiary/aromatic N) is 2. The maximum atomic E-state index is 9.27. The lowest BCUT2D eigenvalue weighted by Gasteiger charge is -2.25. The molecule has 0 aromatic heterocycles. The highest BCUT2D eigenvalue weighted by molar-refractivity contribution is 4.83. The van der Waals surface area contributed by atoms with E-state index in [0.717, 1.165) is 32.7 Å². The average Bonchev–Trinajstić information content (AvgIpc) is 2.55. The topological polar surface area (TPSA) is 26.7 Å². The Balaban J connectivity index is 2.42. The molecule has 1 heterocycles. The highest BCUT2D eigenvalue weighted by Gasteiger charge is 2.30. The lowest BCUT2D eigenvalue weighted by Crippen LogP contribution is -2.33. The molecule has 0 spiro atoms. The molecule has 0 aromatic carbocycles. The van der Waals surface area contributed by atoms with Gasteiger partial charge in [-0.05, 0) is 32.0 Å². The van der Waals surface area contributed by atoms with Crippen molar-refractivity contribution in [2.75, 3.05) is 46.4 Å². The molecule has 3 nitrogen and oxygen atoms in total. The van der Waals surface area contributed by atoms with Crippen LogP contribution in [0.1, 0.15) is 13.8 Å². The Morgan fingerprint density at radius 2 is 1.79 bits per heavy atom. The Morgan fingerprint density at radius 3 is 2.29 bits per heavy atom. The van der Waals surface area contributed by atoms with Gasteiger partial charge in [-0.2, -0.15) is 0 Å². The van der Waals surface area contributed by atoms with E-state index in [0.29, 0.717) is 18.4 Å². The van der Waals surface area contributed by atoms with Gasteiger partial charge in [-0.25, -0.2) is 0 Å². The summed E-state index contributed by atoms with van der Waals surface area (Å²) < 4.78 is 0. The first kappa shape index (κ1) is 12.0. The number of aliphatic hydroxyl groups excluding tert-OH is 1. The number of aliphatic hydroxyl groups is 1. The first-order valence-corrected chi connectivity index (χ1v) is 5.73. The molecule has 1 aliphatic heterocycles. The lowest BCUT2D eigenvalue weighted by atomic mass is 9.96. The van der Waals surface area contributed by atoms with Crippen molar-refractivity contribution < 1.29 is 5.11 Å². The molecule has 14 heavy (non-hydrogen) atoms. The molecule has 3 heteroatoms. The van der Waals surface area contributed by atoms with Crippen LogP contribution in [0.25, 0.3) is 0 Å². The third-order valence-corrected chi connectivity index (χ3v) is 3.38. The van der Waals surface area contributed by atoms with Crippen molar-refractivity contribution in [3.05, 3.63) is 0 Å². The van der Waals surface area contributed by atoms with Gasteiger partial charge in [-0.1, -0.05) is 13.8 Å². The fraction of sp³-hybridized carbons (Fsp3) is 1.00. The minimum absolute atomic E-state index is 0.344. The SMILES string of the molecule is CCN(CC)CC1CN(C)CC1CO. The summed E-state index contributed by atoms with van der Waals surface area (Å²) in [5, 5.41) is 9.27. The Bertz CT molecular complexity index is 159. The van der Waals surface area contributed by atoms with Gasteiger partial charge in [0.2, 0.25) is 0 Å². The molecule has 0 aromatic rings. The largest absolute Gasteiger partial charge is 0.396 e. The van der Waals surface area contributed by atoms with Crippen LogP contribution >= 0.6 is 0 Å². The first-order chi connectivity index (χ1) is 6.71. The van der Waals surface area contributed by atoms with E-state index in [1.54, 1.807) is 0 Å². The Hall–Kier alpha value is -0.120. The summed E-state index contributed by atoms with van der Waals surface area (Å²) in [6, 6.07) is 0. The molecule has 2 unspecified atom stereocenters. The van der Waals surface area contributed by atoms with Crippen molar-refractivity contribution in [1.82, 2.24) is 9.80 Å². The highest BCUT2D eigenvalue weighted by atomic mass is 16.3. The molecule has 84 valence electrons. The van der Waals surface area contributed by atoms with E-state index in [1.165, 1.54) is 0 Å². The lowest BCUT2D eigenvalue weighted by molar-refractivity contribution is 0.169. The van der Waals surface area contributed by atoms with Crippen LogP contribution in [0.2, 0.25) is 0 Å². The minimum atomic E-state index is 0.344. The van der Waals surface area contributed by atoms with Crippen LogP contribution in [-0.2, 0) is 0 Å². The van der Waals surface area contributed by atoms with E-state index in [9.17, 15) is 5.11 Å². The van der Waals surface area contributed by atoms with E-state index in [4.69, 9.17) is 0 Å². The van der Waals surface area contributed by atoms with Gasteiger partial charge in [0.15, 0.2) is 0 Å². The molecule has 0 amide bonds. The number of likely N-dealkylation sites (tertiary alicyclic amines) is 1. The molecule has 1 rings (SSSR count). The van der Waals surface area contributed by atoms with Crippen LogP contribution in [0, 0.1) is 11.8 Å². The van der Waals surface area contributed by atoms with Gasteiger partial charge in [0.1, 0.15) is 0 Å². The third kappa shape index (κ3) is 2.94. The molecule has 2 atom stereocenters. The number of rotatable bonds is 5. The van der Waals surface area contributed by atoms with Crippen molar-refractivity contribution in [3.63, 3.8) is 0 Å². The molecule has 0 radical (unpaired) electrons. The fourth-order valence-electron chi connectivity index (χ4n) is 2.40. The van der Waals surface area contributed by atoms with Crippen molar-refractivity contribution in [2.24, 2.45) is 11.8 Å². The maximum Gasteiger partial charge on any atom is 0.0475 e. The summed E-state index contributed by atoms with van der Waals surface area (Å²) >= 11 is 0. The van der Waals surface area contributed by atoms with E-state index >= 15 is 0 Å². The summed E-state index contributed by atoms with van der Waals surface area (Å²) in [6.07, 6.45) is 0. The predicted molar refractivity (Wildman–Crippen MR) is 59.4 cm³/mol. The van der Waals surface area contributed by atoms with Crippen molar-refractivity contribution >= 4 is 0 Å². The average molecular weight is 200 g/mol. The highest BCUT2D eigenvalue weighted by Crippen LogP contribution is 2.22. The smallest absolute Gasteiger partial charge is 0.0475 e. The standard InChI is InChI=1S/C11H24N2O/c1-4-13(5-2)8-10-6-12(3)7-11(10)9-14/h10-11,14H,4-9H2,1-3H3. The third-order valence-electron chi connectivity index (χ3n) is 3.38. The predicted octanol–water partition coefficient (Wildman–Crippen LogP) is 0.498. The van der Waals surface area contributed by atoms with Gasteiger partial charge in [-0.3, -0.25) is 0 Å². The molecule has 1 N–H and O–H groups in total. The van der Waals surface area contributed by atoms with E-state index in [1.807, 2.05) is 0 Å². The van der Waals surface area contributed by atoms with Crippen LogP contribution in [0.5, 0.6) is 0 Å². The Kier molecular flexibility index (Phi) is 4.85. The van der Waals surface area contributed by atoms with Gasteiger partial charge in [-0.15, -0.1) is 0 Å². The summed E-state index contributed by atoms with van der Waals surface area (Å²) in [5.74, 6) is 1.14. The molecular weight excluding hydrogens is 176 g/mol. The Morgan fingerprint density at radius 1 is 1.21 bits per heavy atom. The zero-order valence-corrected chi connectivity index (χ0v) is 9.74. The minimum Gasteiger partial charge on any atom is -0.396 e. The summed E-state index contributed by atoms with van der Waals surface area (Å²) in [4.78, 5) is 4.78. The van der Waals surface area contributed by atoms with Gasteiger partial charge in [0.25, 0.3) is 0 Å². The number of hydrogen-bond acceptors (Lipinski definition) is 3. The molecule has 1 fully saturated rings. The molecule has 0 saturated carbocycles. The second-order valence-electron chi connectivity index (χ2n) is 4.41. The second-order valence-corrected chi connectivity index (χ2v) is 4.41. The first-order valence-electron chi connectivity index (χ1n) is 5.73. The molecule has 0 aliphatic carbocycles. The summed E-state index contributed by atoms with van der Waals surface area (Å²) in [6.45, 7) is 10.3.